The van der Waals surface area contributed by atoms with E-state index in [-0.39, 0.29) is 5.97 Å². The molecule has 5 heteroatoms. The Morgan fingerprint density at radius 2 is 2.33 bits per heavy atom. The van der Waals surface area contributed by atoms with E-state index in [1.165, 1.54) is 12.7 Å². The lowest BCUT2D eigenvalue weighted by Crippen LogP contribution is -2.11. The molecule has 1 aromatic heterocycles. The summed E-state index contributed by atoms with van der Waals surface area (Å²) < 4.78 is 12.0. The van der Waals surface area contributed by atoms with Crippen molar-refractivity contribution in [1.82, 2.24) is 9.78 Å². The highest BCUT2D eigenvalue weighted by atomic mass is 16.5. The molecule has 0 radical (unpaired) electrons. The Morgan fingerprint density at radius 3 is 3.06 bits per heavy atom. The van der Waals surface area contributed by atoms with Crippen LogP contribution in [-0.4, -0.2) is 29.5 Å². The Morgan fingerprint density at radius 1 is 1.50 bits per heavy atom. The number of nitrogens with zero attached hydrogens (tertiary/aromatic N) is 2. The normalized spacial score (nSPS) is 13.8. The number of allylic oxidation sites excluding steroid dienone is 1. The molecule has 0 saturated heterocycles. The highest BCUT2D eigenvalue weighted by molar-refractivity contribution is 5.69. The maximum Gasteiger partial charge on any atom is 0.307 e. The zero-order valence-electron chi connectivity index (χ0n) is 10.8. The van der Waals surface area contributed by atoms with E-state index >= 15 is 0 Å². The predicted molar refractivity (Wildman–Crippen MR) is 66.8 cm³/mol. The maximum absolute atomic E-state index is 11.1. The lowest BCUT2D eigenvalue weighted by molar-refractivity contribution is -0.140. The van der Waals surface area contributed by atoms with Crippen molar-refractivity contribution in [2.75, 3.05) is 13.7 Å². The average molecular weight is 250 g/mol. The van der Waals surface area contributed by atoms with Gasteiger partial charge in [-0.05, 0) is 18.9 Å². The van der Waals surface area contributed by atoms with Crippen LogP contribution in [-0.2, 0) is 27.2 Å². The van der Waals surface area contributed by atoms with Crippen LogP contribution in [0.1, 0.15) is 31.0 Å². The van der Waals surface area contributed by atoms with Crippen molar-refractivity contribution in [3.63, 3.8) is 0 Å². The van der Waals surface area contributed by atoms with E-state index in [9.17, 15) is 4.79 Å². The molecular formula is C13H18N2O3. The third kappa shape index (κ3) is 2.72. The molecule has 0 atom stereocenters. The van der Waals surface area contributed by atoms with E-state index in [4.69, 9.17) is 4.74 Å². The van der Waals surface area contributed by atoms with Gasteiger partial charge in [-0.15, -0.1) is 0 Å². The van der Waals surface area contributed by atoms with Crippen LogP contribution < -0.4 is 0 Å². The Balaban J connectivity index is 2.11. The van der Waals surface area contributed by atoms with E-state index in [0.717, 1.165) is 24.3 Å². The smallest absolute Gasteiger partial charge is 0.307 e. The van der Waals surface area contributed by atoms with Gasteiger partial charge in [0.1, 0.15) is 0 Å². The number of esters is 1. The molecule has 0 unspecified atom stereocenters. The summed E-state index contributed by atoms with van der Waals surface area (Å²) in [5.41, 5.74) is 2.26. The van der Waals surface area contributed by atoms with Gasteiger partial charge in [0.25, 0.3) is 0 Å². The fourth-order valence-electron chi connectivity index (χ4n) is 2.05. The van der Waals surface area contributed by atoms with Crippen LogP contribution in [0.5, 0.6) is 0 Å². The van der Waals surface area contributed by atoms with E-state index in [2.05, 4.69) is 9.84 Å². The number of carbonyl (C=O) groups is 1. The minimum absolute atomic E-state index is 0.218. The summed E-state index contributed by atoms with van der Waals surface area (Å²) in [5, 5.41) is 4.31. The fourth-order valence-corrected chi connectivity index (χ4v) is 2.05. The van der Waals surface area contributed by atoms with Gasteiger partial charge in [-0.2, -0.15) is 5.10 Å². The van der Waals surface area contributed by atoms with Crippen molar-refractivity contribution in [1.29, 1.82) is 0 Å². The number of methoxy groups -OCH3 is 1. The van der Waals surface area contributed by atoms with Gasteiger partial charge in [0.15, 0.2) is 0 Å². The number of aromatic nitrogens is 2. The maximum atomic E-state index is 11.1. The number of aryl methyl sites for hydroxylation is 2. The summed E-state index contributed by atoms with van der Waals surface area (Å²) >= 11 is 0. The first kappa shape index (κ1) is 12.7. The third-order valence-electron chi connectivity index (χ3n) is 2.98. The van der Waals surface area contributed by atoms with Crippen molar-refractivity contribution in [2.24, 2.45) is 0 Å². The van der Waals surface area contributed by atoms with Crippen molar-refractivity contribution >= 4 is 12.0 Å². The standard InChI is InChI=1S/C13H18N2O3/c1-3-18-11-5-4-10-9-14-15(12(10)8-11)7-6-13(16)17-2/h8-9H,3-7H2,1-2H3. The Labute approximate surface area is 106 Å². The van der Waals surface area contributed by atoms with Crippen LogP contribution in [0.15, 0.2) is 12.0 Å². The van der Waals surface area contributed by atoms with Crippen LogP contribution in [0.2, 0.25) is 0 Å². The zero-order valence-corrected chi connectivity index (χ0v) is 10.8. The lowest BCUT2D eigenvalue weighted by Gasteiger charge is -2.15. The summed E-state index contributed by atoms with van der Waals surface area (Å²) in [7, 11) is 1.40. The average Bonchev–Trinajstić information content (AvgIpc) is 2.79. The van der Waals surface area contributed by atoms with Crippen LogP contribution in [0.3, 0.4) is 0 Å². The number of ether oxygens (including phenoxy) is 2. The molecule has 1 aliphatic carbocycles. The first-order valence-electron chi connectivity index (χ1n) is 6.19. The molecule has 98 valence electrons. The molecule has 2 rings (SSSR count). The molecule has 1 heterocycles. The molecule has 0 N–H and O–H groups in total. The van der Waals surface area contributed by atoms with E-state index < -0.39 is 0 Å². The third-order valence-corrected chi connectivity index (χ3v) is 2.98. The van der Waals surface area contributed by atoms with E-state index in [1.807, 2.05) is 23.9 Å². The van der Waals surface area contributed by atoms with Crippen LogP contribution in [0.4, 0.5) is 0 Å². The van der Waals surface area contributed by atoms with Crippen molar-refractivity contribution in [3.8, 4) is 0 Å². The monoisotopic (exact) mass is 250 g/mol. The molecule has 1 aliphatic rings. The van der Waals surface area contributed by atoms with Crippen molar-refractivity contribution < 1.29 is 14.3 Å². The minimum atomic E-state index is -0.218. The van der Waals surface area contributed by atoms with Crippen LogP contribution in [0, 0.1) is 0 Å². The second kappa shape index (κ2) is 5.71. The second-order valence-corrected chi connectivity index (χ2v) is 4.15. The predicted octanol–water partition coefficient (Wildman–Crippen LogP) is 1.77. The molecule has 0 bridgehead atoms. The van der Waals surface area contributed by atoms with E-state index in [0.29, 0.717) is 19.6 Å². The largest absolute Gasteiger partial charge is 0.498 e. The summed E-state index contributed by atoms with van der Waals surface area (Å²) in [6.07, 6.45) is 6.09. The second-order valence-electron chi connectivity index (χ2n) is 4.15. The SMILES string of the molecule is CCOC1=Cc2c(cnn2CCC(=O)OC)CC1. The van der Waals surface area contributed by atoms with Crippen LogP contribution in [0.25, 0.3) is 6.08 Å². The van der Waals surface area contributed by atoms with Gasteiger partial charge in [0.05, 0.1) is 44.3 Å². The van der Waals surface area contributed by atoms with Gasteiger partial charge in [0.2, 0.25) is 0 Å². The molecule has 0 spiro atoms. The fraction of sp³-hybridized carbons (Fsp3) is 0.538. The van der Waals surface area contributed by atoms with Crippen molar-refractivity contribution in [2.45, 2.75) is 32.7 Å². The summed E-state index contributed by atoms with van der Waals surface area (Å²) in [6.45, 7) is 3.19. The summed E-state index contributed by atoms with van der Waals surface area (Å²) in [6, 6.07) is 0. The summed E-state index contributed by atoms with van der Waals surface area (Å²) in [5.74, 6) is 0.772. The molecule has 0 saturated carbocycles. The quantitative estimate of drug-likeness (QED) is 0.747. The van der Waals surface area contributed by atoms with Gasteiger partial charge >= 0.3 is 5.97 Å². The number of rotatable bonds is 5. The highest BCUT2D eigenvalue weighted by Gasteiger charge is 2.16. The summed E-state index contributed by atoms with van der Waals surface area (Å²) in [4.78, 5) is 11.1. The number of hydrogen-bond acceptors (Lipinski definition) is 4. The van der Waals surface area contributed by atoms with Gasteiger partial charge in [-0.3, -0.25) is 9.48 Å². The Bertz CT molecular complexity index is 463. The van der Waals surface area contributed by atoms with E-state index in [1.54, 1.807) is 0 Å². The van der Waals surface area contributed by atoms with Crippen LogP contribution >= 0.6 is 0 Å². The lowest BCUT2D eigenvalue weighted by atomic mass is 10.0. The number of carbonyl (C=O) groups excluding carboxylic acids is 1. The first-order chi connectivity index (χ1) is 8.74. The Kier molecular flexibility index (Phi) is 4.02. The molecule has 0 aliphatic heterocycles. The van der Waals surface area contributed by atoms with Gasteiger partial charge in [-0.25, -0.2) is 0 Å². The molecule has 5 nitrogen and oxygen atoms in total. The molecule has 1 aromatic rings. The molecular weight excluding hydrogens is 232 g/mol. The molecule has 0 amide bonds. The molecule has 0 aromatic carbocycles. The Hall–Kier alpha value is -1.78. The number of fused-ring (bicyclic) bond motifs is 1. The first-order valence-corrected chi connectivity index (χ1v) is 6.19. The highest BCUT2D eigenvalue weighted by Crippen LogP contribution is 2.24. The van der Waals surface area contributed by atoms with Gasteiger partial charge in [0, 0.05) is 12.5 Å². The topological polar surface area (TPSA) is 53.4 Å². The minimum Gasteiger partial charge on any atom is -0.498 e. The van der Waals surface area contributed by atoms with Gasteiger partial charge < -0.3 is 9.47 Å². The van der Waals surface area contributed by atoms with Gasteiger partial charge in [-0.1, -0.05) is 0 Å². The zero-order chi connectivity index (χ0) is 13.0. The number of hydrogen-bond donors (Lipinski definition) is 0. The molecule has 0 fully saturated rings. The molecule has 18 heavy (non-hydrogen) atoms. The van der Waals surface area contributed by atoms with Crippen molar-refractivity contribution in [3.05, 3.63) is 23.2 Å².